The lowest BCUT2D eigenvalue weighted by molar-refractivity contribution is 0.105. The van der Waals surface area contributed by atoms with E-state index in [2.05, 4.69) is 5.32 Å². The highest BCUT2D eigenvalue weighted by atomic mass is 16.5. The fourth-order valence-electron chi connectivity index (χ4n) is 1.81. The molecule has 3 heteroatoms. The van der Waals surface area contributed by atoms with Gasteiger partial charge in [0, 0.05) is 18.0 Å². The summed E-state index contributed by atoms with van der Waals surface area (Å²) in [5, 5.41) is 14.8. The predicted molar refractivity (Wildman–Crippen MR) is 78.6 cm³/mol. The molecule has 0 spiro atoms. The Bertz CT molecular complexity index is 596. The average Bonchev–Trinajstić information content (AvgIpc) is 2.44. The molecule has 2 aromatic carbocycles. The summed E-state index contributed by atoms with van der Waals surface area (Å²) < 4.78 is 21.3. The highest BCUT2D eigenvalue weighted by Crippen LogP contribution is 2.25. The molecule has 0 amide bonds. The number of hydrogen-bond acceptors (Lipinski definition) is 3. The minimum Gasteiger partial charge on any atom is -0.490 e. The van der Waals surface area contributed by atoms with E-state index in [4.69, 9.17) is 7.48 Å². The molecule has 2 rings (SSSR count). The molecule has 2 aromatic rings. The molecule has 1 unspecified atom stereocenters. The van der Waals surface area contributed by atoms with Crippen LogP contribution < -0.4 is 10.1 Å². The minimum atomic E-state index is -2.16. The number of hydrogen-bond donors (Lipinski definition) is 2. The fraction of sp³-hybridized carbons (Fsp3) is 0.375. The van der Waals surface area contributed by atoms with Gasteiger partial charge in [0.25, 0.3) is 0 Å². The van der Waals surface area contributed by atoms with Crippen molar-refractivity contribution in [3.8, 4) is 5.75 Å². The van der Waals surface area contributed by atoms with Gasteiger partial charge in [-0.25, -0.2) is 0 Å². The summed E-state index contributed by atoms with van der Waals surface area (Å²) in [5.41, 5.74) is 0. The largest absolute Gasteiger partial charge is 0.490 e. The van der Waals surface area contributed by atoms with Gasteiger partial charge in [0.2, 0.25) is 0 Å². The molecule has 3 nitrogen and oxygen atoms in total. The van der Waals surface area contributed by atoms with Crippen molar-refractivity contribution in [2.45, 2.75) is 26.0 Å². The van der Waals surface area contributed by atoms with Gasteiger partial charge in [-0.2, -0.15) is 0 Å². The summed E-state index contributed by atoms with van der Waals surface area (Å²) in [7, 11) is 0. The van der Waals surface area contributed by atoms with Gasteiger partial charge in [0.1, 0.15) is 18.4 Å². The maximum atomic E-state index is 10.00. The van der Waals surface area contributed by atoms with Gasteiger partial charge >= 0.3 is 0 Å². The van der Waals surface area contributed by atoms with Crippen molar-refractivity contribution in [3.63, 3.8) is 0 Å². The molecule has 0 aromatic heterocycles. The Kier molecular flexibility index (Phi) is 3.88. The first-order valence-electron chi connectivity index (χ1n) is 7.48. The third-order valence-electron chi connectivity index (χ3n) is 2.77. The first-order chi connectivity index (χ1) is 9.90. The van der Waals surface area contributed by atoms with E-state index in [1.165, 1.54) is 0 Å². The Morgan fingerprint density at radius 2 is 1.95 bits per heavy atom. The molecule has 19 heavy (non-hydrogen) atoms. The SMILES string of the molecule is [2H]C([2H])(Oc1cccc2ccccc12)C(O)CNC(C)C. The number of nitrogens with one attached hydrogen (secondary N) is 1. The lowest BCUT2D eigenvalue weighted by atomic mass is 10.1. The third-order valence-corrected chi connectivity index (χ3v) is 2.77. The normalized spacial score (nSPS) is 15.2. The summed E-state index contributed by atoms with van der Waals surface area (Å²) in [6.45, 7) is 1.85. The Morgan fingerprint density at radius 1 is 1.21 bits per heavy atom. The van der Waals surface area contributed by atoms with Crippen molar-refractivity contribution < 1.29 is 12.6 Å². The topological polar surface area (TPSA) is 41.5 Å². The zero-order chi connectivity index (χ0) is 15.5. The van der Waals surface area contributed by atoms with E-state index >= 15 is 0 Å². The maximum Gasteiger partial charge on any atom is 0.127 e. The van der Waals surface area contributed by atoms with Crippen molar-refractivity contribution in [2.75, 3.05) is 13.1 Å². The molecular formula is C16H21NO2. The quantitative estimate of drug-likeness (QED) is 0.839. The smallest absolute Gasteiger partial charge is 0.127 e. The number of rotatable bonds is 6. The van der Waals surface area contributed by atoms with E-state index in [1.807, 2.05) is 50.2 Å². The molecular weight excluding hydrogens is 238 g/mol. The first-order valence-corrected chi connectivity index (χ1v) is 6.48. The molecule has 2 N–H and O–H groups in total. The molecule has 0 aliphatic carbocycles. The number of aliphatic hydroxyl groups is 1. The number of benzene rings is 2. The Hall–Kier alpha value is -1.58. The van der Waals surface area contributed by atoms with Crippen LogP contribution in [0.3, 0.4) is 0 Å². The van der Waals surface area contributed by atoms with Crippen molar-refractivity contribution in [1.29, 1.82) is 0 Å². The summed E-state index contributed by atoms with van der Waals surface area (Å²) >= 11 is 0. The predicted octanol–water partition coefficient (Wildman–Crippen LogP) is 2.58. The van der Waals surface area contributed by atoms with Crippen LogP contribution in [-0.4, -0.2) is 30.4 Å². The van der Waals surface area contributed by atoms with Crippen LogP contribution in [0, 0.1) is 0 Å². The van der Waals surface area contributed by atoms with Crippen LogP contribution in [0.5, 0.6) is 5.75 Å². The molecule has 0 saturated carbocycles. The van der Waals surface area contributed by atoms with Crippen LogP contribution in [0.1, 0.15) is 16.6 Å². The molecule has 0 heterocycles. The molecule has 0 bridgehead atoms. The van der Waals surface area contributed by atoms with E-state index in [9.17, 15) is 5.11 Å². The maximum absolute atomic E-state index is 10.00. The minimum absolute atomic E-state index is 0.134. The molecule has 0 fully saturated rings. The second-order valence-electron chi connectivity index (χ2n) is 4.78. The zero-order valence-electron chi connectivity index (χ0n) is 13.3. The summed E-state index contributed by atoms with van der Waals surface area (Å²) in [6.07, 6.45) is -1.25. The Morgan fingerprint density at radius 3 is 2.74 bits per heavy atom. The Balaban J connectivity index is 2.18. The average molecular weight is 261 g/mol. The van der Waals surface area contributed by atoms with E-state index in [1.54, 1.807) is 6.07 Å². The van der Waals surface area contributed by atoms with Crippen molar-refractivity contribution in [3.05, 3.63) is 42.5 Å². The van der Waals surface area contributed by atoms with E-state index in [-0.39, 0.29) is 12.6 Å². The van der Waals surface area contributed by atoms with Crippen LogP contribution in [0.4, 0.5) is 0 Å². The van der Waals surface area contributed by atoms with E-state index < -0.39 is 12.7 Å². The standard InChI is InChI=1S/C16H21NO2/c1-12(2)17-10-14(18)11-19-16-9-5-7-13-6-3-4-8-15(13)16/h3-9,12,14,17-18H,10-11H2,1-2H3/i11D2. The van der Waals surface area contributed by atoms with Gasteiger partial charge < -0.3 is 15.2 Å². The summed E-state index contributed by atoms with van der Waals surface area (Å²) in [4.78, 5) is 0. The number of fused-ring (bicyclic) bond motifs is 1. The molecule has 0 radical (unpaired) electrons. The van der Waals surface area contributed by atoms with Crippen LogP contribution in [0.15, 0.2) is 42.5 Å². The molecule has 0 saturated heterocycles. The summed E-state index contributed by atoms with van der Waals surface area (Å²) in [5.74, 6) is 0.432. The summed E-state index contributed by atoms with van der Waals surface area (Å²) in [6, 6.07) is 13.2. The van der Waals surface area contributed by atoms with Crippen LogP contribution in [-0.2, 0) is 0 Å². The van der Waals surface area contributed by atoms with E-state index in [0.717, 1.165) is 10.8 Å². The highest BCUT2D eigenvalue weighted by molar-refractivity contribution is 5.88. The lowest BCUT2D eigenvalue weighted by Gasteiger charge is -2.15. The van der Waals surface area contributed by atoms with Gasteiger partial charge in [0.15, 0.2) is 0 Å². The van der Waals surface area contributed by atoms with Gasteiger partial charge in [-0.1, -0.05) is 50.2 Å². The van der Waals surface area contributed by atoms with Gasteiger partial charge in [-0.05, 0) is 11.5 Å². The number of aliphatic hydroxyl groups excluding tert-OH is 1. The second-order valence-corrected chi connectivity index (χ2v) is 4.78. The van der Waals surface area contributed by atoms with Crippen molar-refractivity contribution in [2.24, 2.45) is 0 Å². The highest BCUT2D eigenvalue weighted by Gasteiger charge is 2.07. The molecule has 0 aliphatic rings. The molecule has 0 aliphatic heterocycles. The van der Waals surface area contributed by atoms with Gasteiger partial charge in [0.05, 0.1) is 2.74 Å². The monoisotopic (exact) mass is 261 g/mol. The molecule has 1 atom stereocenters. The Labute approximate surface area is 117 Å². The zero-order valence-corrected chi connectivity index (χ0v) is 11.3. The van der Waals surface area contributed by atoms with Crippen LogP contribution >= 0.6 is 0 Å². The van der Waals surface area contributed by atoms with Crippen LogP contribution in [0.2, 0.25) is 0 Å². The third kappa shape index (κ3) is 3.94. The van der Waals surface area contributed by atoms with E-state index in [0.29, 0.717) is 5.75 Å². The lowest BCUT2D eigenvalue weighted by Crippen LogP contribution is -2.35. The van der Waals surface area contributed by atoms with Crippen molar-refractivity contribution in [1.82, 2.24) is 5.32 Å². The van der Waals surface area contributed by atoms with Gasteiger partial charge in [-0.15, -0.1) is 0 Å². The number of ether oxygens (including phenoxy) is 1. The first kappa shape index (κ1) is 11.3. The van der Waals surface area contributed by atoms with Crippen LogP contribution in [0.25, 0.3) is 10.8 Å². The van der Waals surface area contributed by atoms with Gasteiger partial charge in [-0.3, -0.25) is 0 Å². The van der Waals surface area contributed by atoms with Crippen molar-refractivity contribution >= 4 is 10.8 Å². The fourth-order valence-corrected chi connectivity index (χ4v) is 1.81. The second kappa shape index (κ2) is 6.55. The molecule has 102 valence electrons.